The summed E-state index contributed by atoms with van der Waals surface area (Å²) >= 11 is 0. The second-order valence-electron chi connectivity index (χ2n) is 6.08. The first-order valence-corrected chi connectivity index (χ1v) is 7.74. The average Bonchev–Trinajstić information content (AvgIpc) is 2.90. The van der Waals surface area contributed by atoms with E-state index in [1.165, 1.54) is 32.1 Å². The lowest BCUT2D eigenvalue weighted by Gasteiger charge is -2.27. The monoisotopic (exact) mass is 287 g/mol. The molecule has 0 saturated heterocycles. The van der Waals surface area contributed by atoms with Crippen LogP contribution in [0.4, 0.5) is 0 Å². The first kappa shape index (κ1) is 14.0. The molecule has 1 aliphatic carbocycles. The summed E-state index contributed by atoms with van der Waals surface area (Å²) in [4.78, 5) is 11.0. The highest BCUT2D eigenvalue weighted by Crippen LogP contribution is 2.31. The number of fused-ring (bicyclic) bond motifs is 1. The van der Waals surface area contributed by atoms with Crippen LogP contribution in [0.25, 0.3) is 11.0 Å². The van der Waals surface area contributed by atoms with Crippen molar-refractivity contribution in [2.24, 2.45) is 11.8 Å². The fourth-order valence-electron chi connectivity index (χ4n) is 3.31. The number of nitrogens with zero attached hydrogens (tertiary/aromatic N) is 3. The molecule has 1 heterocycles. The summed E-state index contributed by atoms with van der Waals surface area (Å²) in [5.41, 5.74) is 1.85. The van der Waals surface area contributed by atoms with Gasteiger partial charge < -0.3 is 5.11 Å². The molecule has 1 aromatic carbocycles. The Labute approximate surface area is 124 Å². The molecule has 21 heavy (non-hydrogen) atoms. The highest BCUT2D eigenvalue weighted by Gasteiger charge is 2.21. The number of aromatic carboxylic acids is 1. The normalized spacial score (nSPS) is 22.5. The van der Waals surface area contributed by atoms with Crippen LogP contribution in [0.1, 0.15) is 49.4 Å². The van der Waals surface area contributed by atoms with E-state index in [-0.39, 0.29) is 5.56 Å². The maximum Gasteiger partial charge on any atom is 0.335 e. The number of aromatic nitrogens is 3. The molecule has 0 aliphatic heterocycles. The van der Waals surface area contributed by atoms with E-state index in [4.69, 9.17) is 5.11 Å². The Morgan fingerprint density at radius 1 is 1.29 bits per heavy atom. The largest absolute Gasteiger partial charge is 0.478 e. The maximum atomic E-state index is 11.0. The Bertz CT molecular complexity index is 642. The van der Waals surface area contributed by atoms with Gasteiger partial charge in [0.15, 0.2) is 0 Å². The molecule has 0 unspecified atom stereocenters. The second kappa shape index (κ2) is 5.84. The molecule has 1 N–H and O–H groups in total. The number of carbonyl (C=O) groups is 1. The van der Waals surface area contributed by atoms with Gasteiger partial charge in [-0.2, -0.15) is 0 Å². The van der Waals surface area contributed by atoms with Crippen molar-refractivity contribution in [1.29, 1.82) is 0 Å². The van der Waals surface area contributed by atoms with Crippen molar-refractivity contribution in [3.05, 3.63) is 23.8 Å². The third kappa shape index (κ3) is 2.91. The van der Waals surface area contributed by atoms with Crippen molar-refractivity contribution in [2.45, 2.75) is 45.6 Å². The fraction of sp³-hybridized carbons (Fsp3) is 0.562. The molecule has 1 aliphatic rings. The molecule has 5 heteroatoms. The molecule has 0 atom stereocenters. The summed E-state index contributed by atoms with van der Waals surface area (Å²) < 4.78 is 1.93. The van der Waals surface area contributed by atoms with E-state index in [9.17, 15) is 4.79 Å². The number of hydrogen-bond donors (Lipinski definition) is 1. The van der Waals surface area contributed by atoms with Gasteiger partial charge in [-0.3, -0.25) is 0 Å². The van der Waals surface area contributed by atoms with Crippen molar-refractivity contribution in [3.8, 4) is 0 Å². The molecule has 112 valence electrons. The Hall–Kier alpha value is -1.91. The molecule has 1 saturated carbocycles. The molecule has 0 radical (unpaired) electrons. The van der Waals surface area contributed by atoms with E-state index in [1.54, 1.807) is 12.1 Å². The molecule has 0 bridgehead atoms. The van der Waals surface area contributed by atoms with Crippen LogP contribution in [0.2, 0.25) is 0 Å². The topological polar surface area (TPSA) is 68.0 Å². The van der Waals surface area contributed by atoms with E-state index < -0.39 is 5.97 Å². The van der Waals surface area contributed by atoms with Gasteiger partial charge in [0.25, 0.3) is 0 Å². The average molecular weight is 287 g/mol. The molecule has 1 aromatic heterocycles. The molecule has 1 fully saturated rings. The van der Waals surface area contributed by atoms with E-state index in [2.05, 4.69) is 17.2 Å². The fourth-order valence-corrected chi connectivity index (χ4v) is 3.31. The number of carboxylic acid groups (broad SMARTS) is 1. The Morgan fingerprint density at radius 2 is 2.00 bits per heavy atom. The first-order chi connectivity index (χ1) is 10.2. The SMILES string of the molecule is CCC1CCC(Cn2nnc3cc(C(=O)O)ccc32)CC1. The minimum absolute atomic E-state index is 0.262. The standard InChI is InChI=1S/C16H21N3O2/c1-2-11-3-5-12(6-4-11)10-19-15-8-7-13(16(20)21)9-14(15)17-18-19/h7-9,11-12H,2-6,10H2,1H3,(H,20,21). The van der Waals surface area contributed by atoms with Crippen LogP contribution in [0.3, 0.4) is 0 Å². The smallest absolute Gasteiger partial charge is 0.335 e. The lowest BCUT2D eigenvalue weighted by Crippen LogP contribution is -2.19. The summed E-state index contributed by atoms with van der Waals surface area (Å²) in [6.45, 7) is 3.16. The van der Waals surface area contributed by atoms with Gasteiger partial charge in [-0.1, -0.05) is 31.4 Å². The number of benzene rings is 1. The van der Waals surface area contributed by atoms with Crippen LogP contribution >= 0.6 is 0 Å². The van der Waals surface area contributed by atoms with Gasteiger partial charge in [-0.05, 0) is 42.9 Å². The van der Waals surface area contributed by atoms with E-state index >= 15 is 0 Å². The highest BCUT2D eigenvalue weighted by molar-refractivity contribution is 5.92. The molecule has 2 aromatic rings. The van der Waals surface area contributed by atoms with Crippen molar-refractivity contribution in [3.63, 3.8) is 0 Å². The third-order valence-corrected chi connectivity index (χ3v) is 4.74. The lowest BCUT2D eigenvalue weighted by atomic mass is 9.81. The van der Waals surface area contributed by atoms with E-state index in [1.807, 2.05) is 10.7 Å². The van der Waals surface area contributed by atoms with Crippen LogP contribution < -0.4 is 0 Å². The molecule has 0 spiro atoms. The number of hydrogen-bond acceptors (Lipinski definition) is 3. The van der Waals surface area contributed by atoms with Crippen molar-refractivity contribution < 1.29 is 9.90 Å². The molecule has 5 nitrogen and oxygen atoms in total. The van der Waals surface area contributed by atoms with Gasteiger partial charge in [0, 0.05) is 6.54 Å². The lowest BCUT2D eigenvalue weighted by molar-refractivity contribution is 0.0697. The van der Waals surface area contributed by atoms with Gasteiger partial charge >= 0.3 is 5.97 Å². The molecule has 0 amide bonds. The van der Waals surface area contributed by atoms with E-state index in [0.29, 0.717) is 11.4 Å². The molecular weight excluding hydrogens is 266 g/mol. The number of rotatable bonds is 4. The van der Waals surface area contributed by atoms with Crippen LogP contribution in [0.5, 0.6) is 0 Å². The van der Waals surface area contributed by atoms with E-state index in [0.717, 1.165) is 18.0 Å². The Kier molecular flexibility index (Phi) is 3.90. The summed E-state index contributed by atoms with van der Waals surface area (Å²) in [5, 5.41) is 17.3. The second-order valence-corrected chi connectivity index (χ2v) is 6.08. The van der Waals surface area contributed by atoms with Crippen molar-refractivity contribution in [1.82, 2.24) is 15.0 Å². The van der Waals surface area contributed by atoms with Crippen LogP contribution in [0.15, 0.2) is 18.2 Å². The zero-order chi connectivity index (χ0) is 14.8. The highest BCUT2D eigenvalue weighted by atomic mass is 16.4. The minimum atomic E-state index is -0.927. The molecule has 3 rings (SSSR count). The van der Waals surface area contributed by atoms with Gasteiger partial charge in [-0.15, -0.1) is 5.10 Å². The third-order valence-electron chi connectivity index (χ3n) is 4.74. The van der Waals surface area contributed by atoms with Crippen LogP contribution in [0, 0.1) is 11.8 Å². The predicted octanol–water partition coefficient (Wildman–Crippen LogP) is 3.35. The molecular formula is C16H21N3O2. The van der Waals surface area contributed by atoms with Crippen LogP contribution in [-0.4, -0.2) is 26.1 Å². The maximum absolute atomic E-state index is 11.0. The van der Waals surface area contributed by atoms with Crippen LogP contribution in [-0.2, 0) is 6.54 Å². The first-order valence-electron chi connectivity index (χ1n) is 7.74. The zero-order valence-corrected chi connectivity index (χ0v) is 12.3. The predicted molar refractivity (Wildman–Crippen MR) is 80.2 cm³/mol. The summed E-state index contributed by atoms with van der Waals surface area (Å²) in [6, 6.07) is 5.03. The van der Waals surface area contributed by atoms with Crippen molar-refractivity contribution in [2.75, 3.05) is 0 Å². The van der Waals surface area contributed by atoms with Gasteiger partial charge in [-0.25, -0.2) is 9.48 Å². The quantitative estimate of drug-likeness (QED) is 0.936. The van der Waals surface area contributed by atoms with Gasteiger partial charge in [0.05, 0.1) is 11.1 Å². The van der Waals surface area contributed by atoms with Gasteiger partial charge in [0.1, 0.15) is 5.52 Å². The zero-order valence-electron chi connectivity index (χ0n) is 12.3. The summed E-state index contributed by atoms with van der Waals surface area (Å²) in [5.74, 6) is 0.632. The summed E-state index contributed by atoms with van der Waals surface area (Å²) in [6.07, 6.45) is 6.44. The Balaban J connectivity index is 1.74. The summed E-state index contributed by atoms with van der Waals surface area (Å²) in [7, 11) is 0. The Morgan fingerprint density at radius 3 is 2.67 bits per heavy atom. The van der Waals surface area contributed by atoms with Gasteiger partial charge in [0.2, 0.25) is 0 Å². The minimum Gasteiger partial charge on any atom is -0.478 e. The van der Waals surface area contributed by atoms with Crippen molar-refractivity contribution >= 4 is 17.0 Å². The number of carboxylic acids is 1.